The van der Waals surface area contributed by atoms with Crippen LogP contribution in [0.4, 0.5) is 5.69 Å². The highest BCUT2D eigenvalue weighted by Gasteiger charge is 2.20. The molecule has 0 spiro atoms. The number of benzene rings is 2. The van der Waals surface area contributed by atoms with Crippen molar-refractivity contribution in [2.45, 2.75) is 31.9 Å². The van der Waals surface area contributed by atoms with Crippen molar-refractivity contribution in [1.82, 2.24) is 10.3 Å². The molecule has 0 aliphatic carbocycles. The van der Waals surface area contributed by atoms with E-state index in [-0.39, 0.29) is 24.5 Å². The van der Waals surface area contributed by atoms with Crippen LogP contribution in [0.15, 0.2) is 54.9 Å². The van der Waals surface area contributed by atoms with Gasteiger partial charge < -0.3 is 15.4 Å². The molecule has 1 aliphatic rings. The van der Waals surface area contributed by atoms with Crippen LogP contribution in [-0.2, 0) is 16.0 Å². The van der Waals surface area contributed by atoms with Crippen LogP contribution in [0.3, 0.4) is 0 Å². The first-order valence-corrected chi connectivity index (χ1v) is 9.83. The lowest BCUT2D eigenvalue weighted by Crippen LogP contribution is -2.42. The van der Waals surface area contributed by atoms with E-state index in [0.29, 0.717) is 22.9 Å². The summed E-state index contributed by atoms with van der Waals surface area (Å²) in [5.74, 6) is 0.327. The average molecular weight is 410 g/mol. The summed E-state index contributed by atoms with van der Waals surface area (Å²) in [4.78, 5) is 28.3. The van der Waals surface area contributed by atoms with Crippen LogP contribution < -0.4 is 15.4 Å². The van der Waals surface area contributed by atoms with E-state index in [1.54, 1.807) is 30.6 Å². The van der Waals surface area contributed by atoms with Crippen molar-refractivity contribution in [3.05, 3.63) is 65.4 Å². The van der Waals surface area contributed by atoms with Crippen LogP contribution in [0.25, 0.3) is 10.8 Å². The first-order chi connectivity index (χ1) is 14.1. The van der Waals surface area contributed by atoms with Gasteiger partial charge in [-0.05, 0) is 30.2 Å². The third-order valence-electron chi connectivity index (χ3n) is 4.71. The molecule has 3 aromatic rings. The minimum absolute atomic E-state index is 0.0217. The lowest BCUT2D eigenvalue weighted by molar-refractivity contribution is -0.125. The van der Waals surface area contributed by atoms with Crippen molar-refractivity contribution in [3.63, 3.8) is 0 Å². The van der Waals surface area contributed by atoms with Crippen molar-refractivity contribution in [1.29, 1.82) is 0 Å². The maximum atomic E-state index is 12.6. The normalized spacial score (nSPS) is 16.3. The predicted molar refractivity (Wildman–Crippen MR) is 112 cm³/mol. The van der Waals surface area contributed by atoms with E-state index in [1.165, 1.54) is 0 Å². The number of rotatable bonds is 5. The van der Waals surface area contributed by atoms with Crippen LogP contribution in [0.1, 0.15) is 24.8 Å². The summed E-state index contributed by atoms with van der Waals surface area (Å²) in [6.45, 7) is 0. The van der Waals surface area contributed by atoms with E-state index in [9.17, 15) is 9.59 Å². The Morgan fingerprint density at radius 3 is 2.97 bits per heavy atom. The van der Waals surface area contributed by atoms with Gasteiger partial charge >= 0.3 is 0 Å². The molecule has 0 bridgehead atoms. The van der Waals surface area contributed by atoms with Crippen LogP contribution in [-0.4, -0.2) is 23.0 Å². The number of aromatic nitrogens is 1. The molecule has 1 atom stereocenters. The molecule has 1 fully saturated rings. The highest BCUT2D eigenvalue weighted by atomic mass is 35.5. The maximum Gasteiger partial charge on any atom is 0.228 e. The molecule has 0 saturated carbocycles. The average Bonchev–Trinajstić information content (AvgIpc) is 2.68. The highest BCUT2D eigenvalue weighted by Crippen LogP contribution is 2.25. The second-order valence-electron chi connectivity index (χ2n) is 6.99. The molecule has 7 heteroatoms. The third kappa shape index (κ3) is 4.84. The topological polar surface area (TPSA) is 80.3 Å². The molecule has 2 heterocycles. The summed E-state index contributed by atoms with van der Waals surface area (Å²) in [7, 11) is 0. The van der Waals surface area contributed by atoms with Crippen LogP contribution >= 0.6 is 11.6 Å². The zero-order valence-corrected chi connectivity index (χ0v) is 16.4. The second kappa shape index (κ2) is 8.49. The van der Waals surface area contributed by atoms with E-state index in [1.807, 2.05) is 24.3 Å². The fraction of sp³-hybridized carbons (Fsp3) is 0.227. The number of piperidine rings is 1. The number of halogens is 1. The summed E-state index contributed by atoms with van der Waals surface area (Å²) in [6.07, 6.45) is 5.20. The molecule has 1 aromatic heterocycles. The van der Waals surface area contributed by atoms with Crippen molar-refractivity contribution >= 4 is 39.9 Å². The van der Waals surface area contributed by atoms with E-state index in [2.05, 4.69) is 15.6 Å². The Hall–Kier alpha value is -3.12. The molecule has 1 aliphatic heterocycles. The first kappa shape index (κ1) is 19.2. The highest BCUT2D eigenvalue weighted by molar-refractivity contribution is 6.30. The number of hydrogen-bond donors (Lipinski definition) is 2. The summed E-state index contributed by atoms with van der Waals surface area (Å²) in [5.41, 5.74) is 1.39. The predicted octanol–water partition coefficient (Wildman–Crippen LogP) is 4.07. The Bertz CT molecular complexity index is 1060. The van der Waals surface area contributed by atoms with Crippen LogP contribution in [0, 0.1) is 0 Å². The SMILES string of the molecule is O=C(Cc1cc(Cl)cc(OC2CCCC(=O)N2)c1)Nc1cncc2ccccc12. The summed E-state index contributed by atoms with van der Waals surface area (Å²) < 4.78 is 5.85. The van der Waals surface area contributed by atoms with E-state index >= 15 is 0 Å². The fourth-order valence-corrected chi connectivity index (χ4v) is 3.66. The number of fused-ring (bicyclic) bond motifs is 1. The van der Waals surface area contributed by atoms with E-state index in [4.69, 9.17) is 16.3 Å². The van der Waals surface area contributed by atoms with Gasteiger partial charge in [-0.15, -0.1) is 0 Å². The molecule has 29 heavy (non-hydrogen) atoms. The third-order valence-corrected chi connectivity index (χ3v) is 4.93. The number of ether oxygens (including phenoxy) is 1. The Morgan fingerprint density at radius 2 is 2.10 bits per heavy atom. The van der Waals surface area contributed by atoms with Crippen LogP contribution in [0.5, 0.6) is 5.75 Å². The largest absolute Gasteiger partial charge is 0.471 e. The number of amides is 2. The molecular formula is C22H20ClN3O3. The van der Waals surface area contributed by atoms with Gasteiger partial charge in [-0.25, -0.2) is 0 Å². The van der Waals surface area contributed by atoms with Gasteiger partial charge in [0.2, 0.25) is 11.8 Å². The number of anilines is 1. The molecule has 148 valence electrons. The molecule has 6 nitrogen and oxygen atoms in total. The summed E-state index contributed by atoms with van der Waals surface area (Å²) in [6, 6.07) is 12.9. The number of hydrogen-bond acceptors (Lipinski definition) is 4. The smallest absolute Gasteiger partial charge is 0.228 e. The Balaban J connectivity index is 1.46. The molecule has 4 rings (SSSR count). The van der Waals surface area contributed by atoms with Crippen molar-refractivity contribution in [2.24, 2.45) is 0 Å². The van der Waals surface area contributed by atoms with Gasteiger partial charge in [0, 0.05) is 34.8 Å². The Kier molecular flexibility index (Phi) is 5.62. The molecule has 2 N–H and O–H groups in total. The minimum Gasteiger partial charge on any atom is -0.471 e. The van der Waals surface area contributed by atoms with Gasteiger partial charge in [0.15, 0.2) is 6.23 Å². The lowest BCUT2D eigenvalue weighted by atomic mass is 10.1. The van der Waals surface area contributed by atoms with Gasteiger partial charge in [0.05, 0.1) is 18.3 Å². The van der Waals surface area contributed by atoms with Gasteiger partial charge in [0.25, 0.3) is 0 Å². The van der Waals surface area contributed by atoms with Gasteiger partial charge in [0.1, 0.15) is 5.75 Å². The maximum absolute atomic E-state index is 12.6. The van der Waals surface area contributed by atoms with Crippen molar-refractivity contribution < 1.29 is 14.3 Å². The Morgan fingerprint density at radius 1 is 1.24 bits per heavy atom. The summed E-state index contributed by atoms with van der Waals surface area (Å²) in [5, 5.41) is 8.08. The number of carbonyl (C=O) groups excluding carboxylic acids is 2. The van der Waals surface area contributed by atoms with Gasteiger partial charge in [-0.3, -0.25) is 14.6 Å². The standard InChI is InChI=1S/C22H20ClN3O3/c23-16-8-14(9-17(11-16)29-22-7-3-6-20(27)26-22)10-21(28)25-19-13-24-12-15-4-1-2-5-18(15)19/h1-2,4-5,8-9,11-13,22H,3,6-7,10H2,(H,25,28)(H,26,27). The van der Waals surface area contributed by atoms with Gasteiger partial charge in [-0.2, -0.15) is 0 Å². The molecule has 2 aromatic carbocycles. The Labute approximate surface area is 173 Å². The van der Waals surface area contributed by atoms with E-state index in [0.717, 1.165) is 29.2 Å². The van der Waals surface area contributed by atoms with Crippen molar-refractivity contribution in [2.75, 3.05) is 5.32 Å². The molecule has 1 unspecified atom stereocenters. The number of nitrogens with one attached hydrogen (secondary N) is 2. The summed E-state index contributed by atoms with van der Waals surface area (Å²) >= 11 is 6.21. The number of carbonyl (C=O) groups is 2. The van der Waals surface area contributed by atoms with E-state index < -0.39 is 0 Å². The fourth-order valence-electron chi connectivity index (χ4n) is 3.41. The molecular weight excluding hydrogens is 390 g/mol. The molecule has 2 amide bonds. The van der Waals surface area contributed by atoms with Gasteiger partial charge in [-0.1, -0.05) is 35.9 Å². The number of nitrogens with zero attached hydrogens (tertiary/aromatic N) is 1. The quantitative estimate of drug-likeness (QED) is 0.665. The molecule has 1 saturated heterocycles. The monoisotopic (exact) mass is 409 g/mol. The zero-order valence-electron chi connectivity index (χ0n) is 15.7. The number of pyridine rings is 1. The molecule has 0 radical (unpaired) electrons. The zero-order chi connectivity index (χ0) is 20.2. The van der Waals surface area contributed by atoms with Crippen molar-refractivity contribution in [3.8, 4) is 5.75 Å². The lowest BCUT2D eigenvalue weighted by Gasteiger charge is -2.24. The second-order valence-corrected chi connectivity index (χ2v) is 7.43. The first-order valence-electron chi connectivity index (χ1n) is 9.45. The van der Waals surface area contributed by atoms with Crippen LogP contribution in [0.2, 0.25) is 5.02 Å². The minimum atomic E-state index is -0.377.